The second kappa shape index (κ2) is 10.3. The minimum atomic E-state index is -1.40. The fraction of sp³-hybridized carbons (Fsp3) is 0.273. The van der Waals surface area contributed by atoms with Crippen LogP contribution in [0.1, 0.15) is 31.2 Å². The molecule has 7 rings (SSSR count). The van der Waals surface area contributed by atoms with Crippen LogP contribution in [0.25, 0.3) is 0 Å². The van der Waals surface area contributed by atoms with E-state index in [4.69, 9.17) is 23.2 Å². The van der Waals surface area contributed by atoms with Crippen LogP contribution in [0.5, 0.6) is 5.75 Å². The fourth-order valence-corrected chi connectivity index (χ4v) is 8.45. The maximum absolute atomic E-state index is 14.4. The van der Waals surface area contributed by atoms with Gasteiger partial charge in [0.1, 0.15) is 11.6 Å². The van der Waals surface area contributed by atoms with Crippen LogP contribution in [0.3, 0.4) is 0 Å². The van der Waals surface area contributed by atoms with Gasteiger partial charge in [0.25, 0.3) is 0 Å². The van der Waals surface area contributed by atoms with Gasteiger partial charge in [-0.1, -0.05) is 50.8 Å². The first-order valence-electron chi connectivity index (χ1n) is 14.1. The van der Waals surface area contributed by atoms with Gasteiger partial charge in [0, 0.05) is 21.0 Å². The highest BCUT2D eigenvalue weighted by Crippen LogP contribution is 2.64. The summed E-state index contributed by atoms with van der Waals surface area (Å²) < 4.78 is 14.9. The lowest BCUT2D eigenvalue weighted by atomic mass is 9.51. The first kappa shape index (κ1) is 29.2. The van der Waals surface area contributed by atoms with Gasteiger partial charge in [-0.3, -0.25) is 24.1 Å². The van der Waals surface area contributed by atoms with Crippen molar-refractivity contribution in [2.75, 3.05) is 9.80 Å². The molecule has 2 aliphatic carbocycles. The number of hydrogen-bond donors (Lipinski definition) is 1. The number of amides is 4. The van der Waals surface area contributed by atoms with E-state index in [1.165, 1.54) is 29.2 Å². The molecule has 0 aromatic heterocycles. The minimum absolute atomic E-state index is 0.114. The number of halogens is 4. The maximum atomic E-state index is 14.4. The summed E-state index contributed by atoms with van der Waals surface area (Å²) >= 11 is 15.8. The van der Waals surface area contributed by atoms with Crippen molar-refractivity contribution in [2.45, 2.75) is 25.7 Å². The summed E-state index contributed by atoms with van der Waals surface area (Å²) in [5.41, 5.74) is 0.240. The number of carbonyl (C=O) groups excluding carboxylic acids is 4. The predicted octanol–water partition coefficient (Wildman–Crippen LogP) is 7.04. The molecule has 11 heteroatoms. The summed E-state index contributed by atoms with van der Waals surface area (Å²) in [4.78, 5) is 58.7. The van der Waals surface area contributed by atoms with Crippen molar-refractivity contribution in [3.63, 3.8) is 0 Å². The lowest BCUT2D eigenvalue weighted by molar-refractivity contribution is -0.131. The smallest absolute Gasteiger partial charge is 0.241 e. The molecule has 3 fully saturated rings. The van der Waals surface area contributed by atoms with Crippen LogP contribution in [0.4, 0.5) is 15.8 Å². The fourth-order valence-electron chi connectivity index (χ4n) is 7.83. The van der Waals surface area contributed by atoms with Crippen LogP contribution in [0, 0.1) is 34.9 Å². The number of hydrogen-bond acceptors (Lipinski definition) is 5. The summed E-state index contributed by atoms with van der Waals surface area (Å²) in [5.74, 6) is -6.28. The molecule has 4 amide bonds. The van der Waals surface area contributed by atoms with Crippen molar-refractivity contribution >= 4 is 74.1 Å². The van der Waals surface area contributed by atoms with Crippen LogP contribution in [0.2, 0.25) is 10.0 Å². The number of phenols is 1. The lowest BCUT2D eigenvalue weighted by Crippen LogP contribution is -2.48. The third-order valence-electron chi connectivity index (χ3n) is 9.82. The molecule has 6 atom stereocenters. The second-order valence-corrected chi connectivity index (χ2v) is 13.7. The summed E-state index contributed by atoms with van der Waals surface area (Å²) in [6, 6.07) is 15.1. The standard InChI is InChI=1S/C33H24BrCl2FN2O5/c1-33-23(30(42)39(32(33)44)18-7-10-25(37)24(36)13-18)14-21-19(28(33)22-12-16(35)4-11-26(22)40)8-9-20-27(21)31(43)38(29(20)41)17-5-2-15(34)3-6-17/h2-8,10-13,20-21,23,27-28,40H,9,14H2,1H3/t20-,21+,23-,27-,28+,33+/m0/s1. The number of phenolic OH excluding ortho intramolecular Hbond substituents is 1. The predicted molar refractivity (Wildman–Crippen MR) is 166 cm³/mol. The summed E-state index contributed by atoms with van der Waals surface area (Å²) in [5, 5.41) is 11.2. The van der Waals surface area contributed by atoms with Crippen molar-refractivity contribution in [3.8, 4) is 5.75 Å². The molecular weight excluding hydrogens is 674 g/mol. The number of anilines is 2. The maximum Gasteiger partial charge on any atom is 0.241 e. The molecule has 0 spiro atoms. The van der Waals surface area contributed by atoms with Crippen molar-refractivity contribution in [1.29, 1.82) is 0 Å². The van der Waals surface area contributed by atoms with Crippen molar-refractivity contribution in [3.05, 3.63) is 98.2 Å². The van der Waals surface area contributed by atoms with Gasteiger partial charge in [0.2, 0.25) is 23.6 Å². The van der Waals surface area contributed by atoms with E-state index in [1.54, 1.807) is 37.3 Å². The largest absolute Gasteiger partial charge is 0.508 e. The third-order valence-corrected chi connectivity index (χ3v) is 10.9. The summed E-state index contributed by atoms with van der Waals surface area (Å²) in [6.07, 6.45) is 2.28. The van der Waals surface area contributed by atoms with Crippen LogP contribution in [-0.4, -0.2) is 28.7 Å². The van der Waals surface area contributed by atoms with Crippen LogP contribution < -0.4 is 9.80 Å². The Hall–Kier alpha value is -3.53. The number of benzene rings is 3. The number of fused-ring (bicyclic) bond motifs is 4. The highest BCUT2D eigenvalue weighted by molar-refractivity contribution is 9.10. The molecule has 44 heavy (non-hydrogen) atoms. The topological polar surface area (TPSA) is 95.0 Å². The SMILES string of the molecule is C[C@@]12C(=O)N(c3ccc(F)c(Cl)c3)C(=O)[C@@H]1C[C@@H]1C(=CC[C@@H]3C(=O)N(c4ccc(Br)cc4)C(=O)[C@@H]31)[C@@H]2c1cc(Cl)ccc1O. The van der Waals surface area contributed by atoms with Crippen LogP contribution in [0.15, 0.2) is 76.8 Å². The average Bonchev–Trinajstić information content (AvgIpc) is 3.36. The molecule has 0 radical (unpaired) electrons. The summed E-state index contributed by atoms with van der Waals surface area (Å²) in [6.45, 7) is 1.69. The third kappa shape index (κ3) is 4.05. The monoisotopic (exact) mass is 696 g/mol. The van der Waals surface area contributed by atoms with Gasteiger partial charge in [0.05, 0.1) is 39.6 Å². The molecule has 3 aromatic carbocycles. The highest BCUT2D eigenvalue weighted by atomic mass is 79.9. The van der Waals surface area contributed by atoms with Crippen LogP contribution in [-0.2, 0) is 19.2 Å². The van der Waals surface area contributed by atoms with E-state index in [0.717, 1.165) is 15.4 Å². The van der Waals surface area contributed by atoms with Crippen molar-refractivity contribution in [1.82, 2.24) is 0 Å². The zero-order valence-corrected chi connectivity index (χ0v) is 26.2. The number of imide groups is 2. The zero-order valence-electron chi connectivity index (χ0n) is 23.1. The molecular formula is C33H24BrCl2FN2O5. The first-order valence-corrected chi connectivity index (χ1v) is 15.6. The van der Waals surface area contributed by atoms with E-state index in [2.05, 4.69) is 15.9 Å². The molecule has 2 aliphatic heterocycles. The normalized spacial score (nSPS) is 29.5. The quantitative estimate of drug-likeness (QED) is 0.234. The van der Waals surface area contributed by atoms with Gasteiger partial charge in [-0.05, 0) is 86.3 Å². The van der Waals surface area contributed by atoms with E-state index in [-0.39, 0.29) is 41.1 Å². The van der Waals surface area contributed by atoms with Crippen molar-refractivity contribution in [2.24, 2.45) is 29.1 Å². The Bertz CT molecular complexity index is 1830. The molecule has 2 heterocycles. The number of allylic oxidation sites excluding steroid dienone is 2. The Balaban J connectivity index is 1.38. The lowest BCUT2D eigenvalue weighted by Gasteiger charge is -2.49. The molecule has 224 valence electrons. The van der Waals surface area contributed by atoms with Gasteiger partial charge in [-0.15, -0.1) is 0 Å². The van der Waals surface area contributed by atoms with Crippen molar-refractivity contribution < 1.29 is 28.7 Å². The Morgan fingerprint density at radius 1 is 0.886 bits per heavy atom. The molecule has 4 aliphatic rings. The molecule has 7 nitrogen and oxygen atoms in total. The molecule has 1 N–H and O–H groups in total. The van der Waals surface area contributed by atoms with Crippen LogP contribution >= 0.6 is 39.1 Å². The number of carbonyl (C=O) groups is 4. The van der Waals surface area contributed by atoms with E-state index >= 15 is 0 Å². The molecule has 2 saturated heterocycles. The van der Waals surface area contributed by atoms with Gasteiger partial charge in [-0.2, -0.15) is 0 Å². The van der Waals surface area contributed by atoms with Gasteiger partial charge < -0.3 is 5.11 Å². The first-order chi connectivity index (χ1) is 20.9. The summed E-state index contributed by atoms with van der Waals surface area (Å²) in [7, 11) is 0. The Morgan fingerprint density at radius 3 is 2.30 bits per heavy atom. The van der Waals surface area contributed by atoms with E-state index in [9.17, 15) is 28.7 Å². The van der Waals surface area contributed by atoms with E-state index < -0.39 is 52.6 Å². The zero-order chi connectivity index (χ0) is 31.2. The highest BCUT2D eigenvalue weighted by Gasteiger charge is 2.68. The number of nitrogens with zero attached hydrogens (tertiary/aromatic N) is 2. The van der Waals surface area contributed by atoms with Gasteiger partial charge in [-0.25, -0.2) is 9.29 Å². The Labute approximate surface area is 270 Å². The Morgan fingerprint density at radius 2 is 1.59 bits per heavy atom. The van der Waals surface area contributed by atoms with Gasteiger partial charge in [0.15, 0.2) is 0 Å². The van der Waals surface area contributed by atoms with Gasteiger partial charge >= 0.3 is 0 Å². The molecule has 3 aromatic rings. The second-order valence-electron chi connectivity index (χ2n) is 12.0. The Kier molecular flexibility index (Phi) is 6.81. The minimum Gasteiger partial charge on any atom is -0.508 e. The number of aromatic hydroxyl groups is 1. The molecule has 0 unspecified atom stereocenters. The van der Waals surface area contributed by atoms with E-state index in [1.807, 2.05) is 6.08 Å². The average molecular weight is 698 g/mol. The van der Waals surface area contributed by atoms with E-state index in [0.29, 0.717) is 21.8 Å². The number of rotatable bonds is 3. The molecule has 1 saturated carbocycles. The molecule has 0 bridgehead atoms.